The van der Waals surface area contributed by atoms with Gasteiger partial charge in [-0.25, -0.2) is 9.37 Å². The van der Waals surface area contributed by atoms with Gasteiger partial charge in [0.05, 0.1) is 11.2 Å². The van der Waals surface area contributed by atoms with E-state index in [4.69, 9.17) is 0 Å². The Morgan fingerprint density at radius 2 is 2.31 bits per heavy atom. The summed E-state index contributed by atoms with van der Waals surface area (Å²) in [5, 5.41) is 11.7. The summed E-state index contributed by atoms with van der Waals surface area (Å²) in [6.45, 7) is 1.84. The van der Waals surface area contributed by atoms with E-state index in [0.717, 1.165) is 11.1 Å². The van der Waals surface area contributed by atoms with E-state index in [1.54, 1.807) is 11.6 Å². The first kappa shape index (κ1) is 11.2. The molecule has 1 unspecified atom stereocenters. The number of aliphatic hydroxyl groups excluding tert-OH is 1. The van der Waals surface area contributed by atoms with Crippen molar-refractivity contribution in [1.82, 2.24) is 4.98 Å². The van der Waals surface area contributed by atoms with Crippen molar-refractivity contribution in [1.29, 1.82) is 0 Å². The van der Waals surface area contributed by atoms with E-state index in [1.807, 2.05) is 12.3 Å². The lowest BCUT2D eigenvalue weighted by atomic mass is 10.0. The number of hydrogen-bond acceptors (Lipinski definition) is 3. The van der Waals surface area contributed by atoms with Crippen LogP contribution in [0.3, 0.4) is 0 Å². The van der Waals surface area contributed by atoms with Gasteiger partial charge in [-0.15, -0.1) is 11.3 Å². The van der Waals surface area contributed by atoms with Gasteiger partial charge in [-0.3, -0.25) is 0 Å². The number of aryl methyl sites for hydroxylation is 1. The maximum atomic E-state index is 12.9. The monoisotopic (exact) mass is 237 g/mol. The number of hydrogen-bond donors (Lipinski definition) is 1. The van der Waals surface area contributed by atoms with Crippen LogP contribution in [0.5, 0.6) is 0 Å². The van der Waals surface area contributed by atoms with Gasteiger partial charge in [-0.1, -0.05) is 6.07 Å². The van der Waals surface area contributed by atoms with Crippen molar-refractivity contribution in [3.63, 3.8) is 0 Å². The fourth-order valence-electron chi connectivity index (χ4n) is 1.59. The summed E-state index contributed by atoms with van der Waals surface area (Å²) in [7, 11) is 0. The molecule has 0 aliphatic heterocycles. The third-order valence-electron chi connectivity index (χ3n) is 2.51. The van der Waals surface area contributed by atoms with E-state index in [2.05, 4.69) is 4.98 Å². The van der Waals surface area contributed by atoms with Crippen LogP contribution in [0.1, 0.15) is 22.9 Å². The van der Waals surface area contributed by atoms with Gasteiger partial charge < -0.3 is 5.11 Å². The Morgan fingerprint density at radius 3 is 2.94 bits per heavy atom. The molecule has 0 radical (unpaired) electrons. The molecule has 0 amide bonds. The van der Waals surface area contributed by atoms with Gasteiger partial charge in [0.25, 0.3) is 0 Å². The maximum absolute atomic E-state index is 12.9. The van der Waals surface area contributed by atoms with Crippen molar-refractivity contribution < 1.29 is 9.50 Å². The zero-order valence-corrected chi connectivity index (χ0v) is 9.67. The van der Waals surface area contributed by atoms with E-state index in [-0.39, 0.29) is 5.82 Å². The van der Waals surface area contributed by atoms with Crippen LogP contribution in [0.25, 0.3) is 0 Å². The van der Waals surface area contributed by atoms with Crippen molar-refractivity contribution in [2.45, 2.75) is 19.4 Å². The van der Waals surface area contributed by atoms with E-state index in [0.29, 0.717) is 12.1 Å². The highest BCUT2D eigenvalue weighted by molar-refractivity contribution is 7.07. The summed E-state index contributed by atoms with van der Waals surface area (Å²) >= 11 is 1.45. The molecule has 1 aromatic carbocycles. The van der Waals surface area contributed by atoms with Crippen LogP contribution in [-0.2, 0) is 6.42 Å². The number of nitrogens with zero attached hydrogens (tertiary/aromatic N) is 1. The Morgan fingerprint density at radius 1 is 1.50 bits per heavy atom. The number of rotatable bonds is 3. The van der Waals surface area contributed by atoms with Crippen LogP contribution in [0.2, 0.25) is 0 Å². The molecule has 2 rings (SSSR count). The predicted molar refractivity (Wildman–Crippen MR) is 61.9 cm³/mol. The van der Waals surface area contributed by atoms with Crippen LogP contribution in [0.15, 0.2) is 29.1 Å². The molecule has 0 bridgehead atoms. The first-order valence-corrected chi connectivity index (χ1v) is 5.92. The Labute approximate surface area is 97.4 Å². The summed E-state index contributed by atoms with van der Waals surface area (Å²) in [4.78, 5) is 4.05. The highest BCUT2D eigenvalue weighted by Crippen LogP contribution is 2.20. The molecule has 0 spiro atoms. The average Bonchev–Trinajstić information content (AvgIpc) is 2.75. The van der Waals surface area contributed by atoms with Gasteiger partial charge in [-0.05, 0) is 30.2 Å². The molecule has 84 valence electrons. The molecule has 1 heterocycles. The van der Waals surface area contributed by atoms with Crippen molar-refractivity contribution in [2.24, 2.45) is 0 Å². The molecule has 2 aromatic rings. The minimum Gasteiger partial charge on any atom is -0.386 e. The topological polar surface area (TPSA) is 33.1 Å². The van der Waals surface area contributed by atoms with E-state index < -0.39 is 6.10 Å². The van der Waals surface area contributed by atoms with Crippen molar-refractivity contribution in [3.8, 4) is 0 Å². The van der Waals surface area contributed by atoms with Gasteiger partial charge in [0.1, 0.15) is 11.9 Å². The first-order valence-electron chi connectivity index (χ1n) is 4.98. The van der Waals surface area contributed by atoms with Crippen LogP contribution < -0.4 is 0 Å². The summed E-state index contributed by atoms with van der Waals surface area (Å²) in [5.74, 6) is -0.246. The molecule has 0 fully saturated rings. The van der Waals surface area contributed by atoms with Crippen LogP contribution >= 0.6 is 11.3 Å². The lowest BCUT2D eigenvalue weighted by molar-refractivity contribution is 0.174. The zero-order valence-electron chi connectivity index (χ0n) is 8.85. The Balaban J connectivity index is 2.15. The second kappa shape index (κ2) is 4.72. The quantitative estimate of drug-likeness (QED) is 0.890. The number of halogens is 1. The Bertz CT molecular complexity index is 470. The van der Waals surface area contributed by atoms with Crippen molar-refractivity contribution in [3.05, 3.63) is 51.7 Å². The lowest BCUT2D eigenvalue weighted by Crippen LogP contribution is -2.03. The molecule has 16 heavy (non-hydrogen) atoms. The molecular formula is C12H12FNOS. The Kier molecular flexibility index (Phi) is 3.31. The van der Waals surface area contributed by atoms with Gasteiger partial charge >= 0.3 is 0 Å². The zero-order chi connectivity index (χ0) is 11.5. The fraction of sp³-hybridized carbons (Fsp3) is 0.250. The summed E-state index contributed by atoms with van der Waals surface area (Å²) in [6, 6.07) is 4.60. The van der Waals surface area contributed by atoms with Gasteiger partial charge in [0.2, 0.25) is 0 Å². The van der Waals surface area contributed by atoms with Gasteiger partial charge in [-0.2, -0.15) is 0 Å². The molecule has 0 aliphatic carbocycles. The van der Waals surface area contributed by atoms with Crippen LogP contribution in [-0.4, -0.2) is 10.1 Å². The number of thiazole rings is 1. The van der Waals surface area contributed by atoms with E-state index in [1.165, 1.54) is 23.5 Å². The summed E-state index contributed by atoms with van der Waals surface area (Å²) in [5.41, 5.74) is 4.17. The number of benzene rings is 1. The SMILES string of the molecule is Cc1cc(F)ccc1CC(O)c1cscn1. The third kappa shape index (κ3) is 2.46. The van der Waals surface area contributed by atoms with Gasteiger partial charge in [0, 0.05) is 11.8 Å². The molecule has 0 saturated carbocycles. The lowest BCUT2D eigenvalue weighted by Gasteiger charge is -2.10. The number of aliphatic hydroxyl groups is 1. The second-order valence-corrected chi connectivity index (χ2v) is 4.42. The standard InChI is InChI=1S/C12H12FNOS/c1-8-4-10(13)3-2-9(8)5-12(15)11-6-16-7-14-11/h2-4,6-7,12,15H,5H2,1H3. The minimum absolute atomic E-state index is 0.246. The van der Waals surface area contributed by atoms with Crippen molar-refractivity contribution >= 4 is 11.3 Å². The first-order chi connectivity index (χ1) is 7.66. The summed E-state index contributed by atoms with van der Waals surface area (Å²) in [6.07, 6.45) is -0.147. The smallest absolute Gasteiger partial charge is 0.123 e. The van der Waals surface area contributed by atoms with Crippen LogP contribution in [0, 0.1) is 12.7 Å². The summed E-state index contributed by atoms with van der Waals surface area (Å²) < 4.78 is 12.9. The molecule has 0 saturated heterocycles. The molecule has 1 N–H and O–H groups in total. The molecule has 2 nitrogen and oxygen atoms in total. The Hall–Kier alpha value is -1.26. The predicted octanol–water partition coefficient (Wildman–Crippen LogP) is 2.87. The van der Waals surface area contributed by atoms with Crippen LogP contribution in [0.4, 0.5) is 4.39 Å². The molecule has 0 aliphatic rings. The largest absolute Gasteiger partial charge is 0.386 e. The van der Waals surface area contributed by atoms with Crippen molar-refractivity contribution in [2.75, 3.05) is 0 Å². The highest BCUT2D eigenvalue weighted by atomic mass is 32.1. The third-order valence-corrected chi connectivity index (χ3v) is 3.12. The van der Waals surface area contributed by atoms with E-state index in [9.17, 15) is 9.50 Å². The number of aromatic nitrogens is 1. The molecule has 4 heteroatoms. The second-order valence-electron chi connectivity index (χ2n) is 3.70. The van der Waals surface area contributed by atoms with E-state index >= 15 is 0 Å². The molecular weight excluding hydrogens is 225 g/mol. The minimum atomic E-state index is -0.615. The normalized spacial score (nSPS) is 12.7. The average molecular weight is 237 g/mol. The molecule has 1 atom stereocenters. The highest BCUT2D eigenvalue weighted by Gasteiger charge is 2.12. The van der Waals surface area contributed by atoms with Gasteiger partial charge in [0.15, 0.2) is 0 Å². The maximum Gasteiger partial charge on any atom is 0.123 e. The fourth-order valence-corrected chi connectivity index (χ4v) is 2.19. The molecule has 1 aromatic heterocycles.